The molecule has 0 unspecified atom stereocenters. The summed E-state index contributed by atoms with van der Waals surface area (Å²) < 4.78 is 16.7. The van der Waals surface area contributed by atoms with Crippen molar-refractivity contribution in [2.75, 3.05) is 38.2 Å². The van der Waals surface area contributed by atoms with Gasteiger partial charge in [0.1, 0.15) is 29.9 Å². The smallest absolute Gasteiger partial charge is 0.289 e. The quantitative estimate of drug-likeness (QED) is 0.585. The highest BCUT2D eigenvalue weighted by atomic mass is 16.5. The Balaban J connectivity index is 1.35. The topological polar surface area (TPSA) is 78.9 Å². The number of nitrogens with zero attached hydrogens (tertiary/aromatic N) is 3. The lowest BCUT2D eigenvalue weighted by Gasteiger charge is -2.23. The predicted molar refractivity (Wildman–Crippen MR) is 120 cm³/mol. The molecule has 0 aliphatic carbocycles. The van der Waals surface area contributed by atoms with Crippen LogP contribution in [0.5, 0.6) is 11.5 Å². The third-order valence-electron chi connectivity index (χ3n) is 5.47. The number of nitriles is 1. The molecule has 2 aromatic carbocycles. The van der Waals surface area contributed by atoms with Crippen molar-refractivity contribution in [3.63, 3.8) is 0 Å². The minimum absolute atomic E-state index is 0.120. The largest absolute Gasteiger partial charge is 0.497 e. The molecule has 1 fully saturated rings. The first-order chi connectivity index (χ1) is 15.7. The number of furan rings is 1. The molecule has 0 saturated carbocycles. The van der Waals surface area contributed by atoms with Gasteiger partial charge in [0, 0.05) is 31.9 Å². The molecular weight excluding hydrogens is 406 g/mol. The Labute approximate surface area is 187 Å². The van der Waals surface area contributed by atoms with Gasteiger partial charge in [-0.05, 0) is 55.0 Å². The number of carbonyl (C=O) groups excluding carboxylic acids is 1. The van der Waals surface area contributed by atoms with E-state index in [-0.39, 0.29) is 12.5 Å². The molecule has 4 rings (SSSR count). The van der Waals surface area contributed by atoms with E-state index >= 15 is 0 Å². The van der Waals surface area contributed by atoms with Crippen molar-refractivity contribution in [2.45, 2.75) is 13.0 Å². The monoisotopic (exact) mass is 431 g/mol. The lowest BCUT2D eigenvalue weighted by molar-refractivity contribution is 0.0731. The van der Waals surface area contributed by atoms with Gasteiger partial charge in [-0.3, -0.25) is 4.79 Å². The van der Waals surface area contributed by atoms with Gasteiger partial charge in [0.2, 0.25) is 0 Å². The zero-order chi connectivity index (χ0) is 22.3. The summed E-state index contributed by atoms with van der Waals surface area (Å²) in [6, 6.07) is 20.5. The van der Waals surface area contributed by atoms with Gasteiger partial charge in [0.25, 0.3) is 5.91 Å². The number of hydrogen-bond acceptors (Lipinski definition) is 6. The number of rotatable bonds is 6. The molecule has 1 aliphatic heterocycles. The van der Waals surface area contributed by atoms with Gasteiger partial charge in [-0.1, -0.05) is 12.1 Å². The first-order valence-corrected chi connectivity index (χ1v) is 10.6. The maximum Gasteiger partial charge on any atom is 0.289 e. The van der Waals surface area contributed by atoms with E-state index in [1.165, 1.54) is 0 Å². The molecule has 3 aromatic rings. The molecule has 0 radical (unpaired) electrons. The second kappa shape index (κ2) is 9.92. The van der Waals surface area contributed by atoms with Crippen LogP contribution in [-0.4, -0.2) is 44.1 Å². The summed E-state index contributed by atoms with van der Waals surface area (Å²) in [6.45, 7) is 3.07. The first-order valence-electron chi connectivity index (χ1n) is 10.6. The predicted octanol–water partition coefficient (Wildman–Crippen LogP) is 4.09. The summed E-state index contributed by atoms with van der Waals surface area (Å²) in [6.07, 6.45) is 0.874. The normalized spacial score (nSPS) is 13.9. The van der Waals surface area contributed by atoms with E-state index in [4.69, 9.17) is 19.2 Å². The molecule has 1 aliphatic rings. The fraction of sp³-hybridized carbons (Fsp3) is 0.280. The van der Waals surface area contributed by atoms with E-state index in [0.717, 1.165) is 30.9 Å². The molecule has 7 heteroatoms. The Hall–Kier alpha value is -3.92. The lowest BCUT2D eigenvalue weighted by Crippen LogP contribution is -2.35. The molecule has 1 aromatic heterocycles. The van der Waals surface area contributed by atoms with Gasteiger partial charge in [-0.25, -0.2) is 0 Å². The maximum absolute atomic E-state index is 13.0. The van der Waals surface area contributed by atoms with E-state index < -0.39 is 0 Å². The van der Waals surface area contributed by atoms with Crippen molar-refractivity contribution in [3.05, 3.63) is 77.7 Å². The molecule has 1 saturated heterocycles. The van der Waals surface area contributed by atoms with Crippen LogP contribution in [0, 0.1) is 11.3 Å². The van der Waals surface area contributed by atoms with Crippen LogP contribution in [0.4, 0.5) is 5.69 Å². The standard InChI is InChI=1S/C25H25N3O4/c1-30-21-9-7-20(8-10-21)27-13-4-14-28(16-15-27)25(29)24-12-11-22(32-24)18-31-23-6-3-2-5-19(23)17-26/h2-3,5-12H,4,13-16,18H2,1H3. The van der Waals surface area contributed by atoms with Crippen LogP contribution in [0.25, 0.3) is 0 Å². The summed E-state index contributed by atoms with van der Waals surface area (Å²) in [5.41, 5.74) is 1.58. The highest BCUT2D eigenvalue weighted by Gasteiger charge is 2.23. The van der Waals surface area contributed by atoms with E-state index in [1.54, 1.807) is 37.4 Å². The zero-order valence-electron chi connectivity index (χ0n) is 18.0. The SMILES string of the molecule is COc1ccc(N2CCCN(C(=O)c3ccc(COc4ccccc4C#N)o3)CC2)cc1. The third kappa shape index (κ3) is 4.86. The number of hydrogen-bond donors (Lipinski definition) is 0. The lowest BCUT2D eigenvalue weighted by atomic mass is 10.2. The summed E-state index contributed by atoms with van der Waals surface area (Å²) in [5, 5.41) is 9.16. The maximum atomic E-state index is 13.0. The second-order valence-corrected chi connectivity index (χ2v) is 7.49. The molecule has 0 spiro atoms. The number of para-hydroxylation sites is 1. The Kier molecular flexibility index (Phi) is 6.61. The number of ether oxygens (including phenoxy) is 2. The Morgan fingerprint density at radius 1 is 1.03 bits per heavy atom. The summed E-state index contributed by atoms with van der Waals surface area (Å²) in [7, 11) is 1.65. The van der Waals surface area contributed by atoms with Gasteiger partial charge in [-0.15, -0.1) is 0 Å². The number of methoxy groups -OCH3 is 1. The first kappa shape index (κ1) is 21.3. The van der Waals surface area contributed by atoms with E-state index in [1.807, 2.05) is 35.2 Å². The van der Waals surface area contributed by atoms with Crippen LogP contribution >= 0.6 is 0 Å². The van der Waals surface area contributed by atoms with Crippen LogP contribution in [0.2, 0.25) is 0 Å². The van der Waals surface area contributed by atoms with Crippen molar-refractivity contribution >= 4 is 11.6 Å². The molecule has 164 valence electrons. The van der Waals surface area contributed by atoms with Gasteiger partial charge in [0.05, 0.1) is 12.7 Å². The molecule has 0 atom stereocenters. The number of amides is 1. The Bertz CT molecular complexity index is 1100. The van der Waals surface area contributed by atoms with Gasteiger partial charge >= 0.3 is 0 Å². The average Bonchev–Trinajstić information content (AvgIpc) is 3.18. The fourth-order valence-electron chi connectivity index (χ4n) is 3.73. The van der Waals surface area contributed by atoms with Crippen molar-refractivity contribution in [2.24, 2.45) is 0 Å². The number of benzene rings is 2. The van der Waals surface area contributed by atoms with Crippen molar-refractivity contribution in [1.82, 2.24) is 4.90 Å². The summed E-state index contributed by atoms with van der Waals surface area (Å²) in [4.78, 5) is 17.1. The minimum atomic E-state index is -0.120. The van der Waals surface area contributed by atoms with Gasteiger partial charge in [-0.2, -0.15) is 5.26 Å². The number of carbonyl (C=O) groups is 1. The van der Waals surface area contributed by atoms with E-state index in [2.05, 4.69) is 11.0 Å². The molecular formula is C25H25N3O4. The second-order valence-electron chi connectivity index (χ2n) is 7.49. The zero-order valence-corrected chi connectivity index (χ0v) is 18.0. The molecule has 7 nitrogen and oxygen atoms in total. The van der Waals surface area contributed by atoms with Crippen molar-refractivity contribution < 1.29 is 18.7 Å². The molecule has 1 amide bonds. The molecule has 32 heavy (non-hydrogen) atoms. The van der Waals surface area contributed by atoms with E-state index in [0.29, 0.717) is 35.9 Å². The number of anilines is 1. The fourth-order valence-corrected chi connectivity index (χ4v) is 3.73. The average molecular weight is 431 g/mol. The highest BCUT2D eigenvalue weighted by molar-refractivity contribution is 5.91. The van der Waals surface area contributed by atoms with Crippen LogP contribution < -0.4 is 14.4 Å². The van der Waals surface area contributed by atoms with Crippen molar-refractivity contribution in [1.29, 1.82) is 5.26 Å². The van der Waals surface area contributed by atoms with Crippen LogP contribution in [-0.2, 0) is 6.61 Å². The summed E-state index contributed by atoms with van der Waals surface area (Å²) >= 11 is 0. The minimum Gasteiger partial charge on any atom is -0.497 e. The molecule has 0 N–H and O–H groups in total. The Morgan fingerprint density at radius 2 is 1.84 bits per heavy atom. The van der Waals surface area contributed by atoms with Crippen LogP contribution in [0.1, 0.15) is 28.3 Å². The molecule has 2 heterocycles. The van der Waals surface area contributed by atoms with Crippen LogP contribution in [0.15, 0.2) is 65.1 Å². The van der Waals surface area contributed by atoms with Crippen molar-refractivity contribution in [3.8, 4) is 17.6 Å². The molecule has 0 bridgehead atoms. The van der Waals surface area contributed by atoms with E-state index in [9.17, 15) is 4.79 Å². The highest BCUT2D eigenvalue weighted by Crippen LogP contribution is 2.22. The Morgan fingerprint density at radius 3 is 2.62 bits per heavy atom. The third-order valence-corrected chi connectivity index (χ3v) is 5.47. The van der Waals surface area contributed by atoms with Crippen LogP contribution in [0.3, 0.4) is 0 Å². The van der Waals surface area contributed by atoms with Gasteiger partial charge < -0.3 is 23.7 Å². The van der Waals surface area contributed by atoms with Gasteiger partial charge in [0.15, 0.2) is 5.76 Å². The summed E-state index contributed by atoms with van der Waals surface area (Å²) in [5.74, 6) is 2.04.